The summed E-state index contributed by atoms with van der Waals surface area (Å²) in [5.41, 5.74) is 0.676. The Hall–Kier alpha value is -1.32. The molecule has 0 bridgehead atoms. The molecule has 0 aromatic rings. The first-order chi connectivity index (χ1) is 4.75. The van der Waals surface area contributed by atoms with Crippen LogP contribution < -0.4 is 0 Å². The Morgan fingerprint density at radius 1 is 1.00 bits per heavy atom. The summed E-state index contributed by atoms with van der Waals surface area (Å²) in [6.45, 7) is 0. The SMILES string of the molecule is O=C1CC2=C(O1)OC(=O)C2. The Kier molecular flexibility index (Phi) is 0.869. The first-order valence-corrected chi connectivity index (χ1v) is 2.89. The lowest BCUT2D eigenvalue weighted by Crippen LogP contribution is -2.02. The minimum absolute atomic E-state index is 0.120. The largest absolute Gasteiger partial charge is 0.392 e. The van der Waals surface area contributed by atoms with Crippen molar-refractivity contribution in [3.05, 3.63) is 11.5 Å². The minimum atomic E-state index is -0.336. The predicted molar refractivity (Wildman–Crippen MR) is 28.4 cm³/mol. The van der Waals surface area contributed by atoms with Gasteiger partial charge in [-0.25, -0.2) is 0 Å². The number of rotatable bonds is 0. The van der Waals surface area contributed by atoms with Gasteiger partial charge >= 0.3 is 11.9 Å². The van der Waals surface area contributed by atoms with Gasteiger partial charge in [-0.3, -0.25) is 9.59 Å². The van der Waals surface area contributed by atoms with E-state index in [0.717, 1.165) is 0 Å². The molecule has 0 N–H and O–H groups in total. The molecule has 0 spiro atoms. The minimum Gasteiger partial charge on any atom is -0.392 e. The van der Waals surface area contributed by atoms with E-state index in [2.05, 4.69) is 9.47 Å². The molecule has 0 amide bonds. The number of esters is 2. The van der Waals surface area contributed by atoms with E-state index in [4.69, 9.17) is 0 Å². The first kappa shape index (κ1) is 5.46. The van der Waals surface area contributed by atoms with E-state index >= 15 is 0 Å². The maximum Gasteiger partial charge on any atom is 0.317 e. The number of hydrogen-bond acceptors (Lipinski definition) is 4. The fraction of sp³-hybridized carbons (Fsp3) is 0.333. The van der Waals surface area contributed by atoms with Crippen molar-refractivity contribution >= 4 is 11.9 Å². The van der Waals surface area contributed by atoms with Gasteiger partial charge in [-0.2, -0.15) is 0 Å². The summed E-state index contributed by atoms with van der Waals surface area (Å²) in [7, 11) is 0. The zero-order valence-electron chi connectivity index (χ0n) is 5.05. The predicted octanol–water partition coefficient (Wildman–Crippen LogP) is 0.0918. The summed E-state index contributed by atoms with van der Waals surface area (Å²) in [4.78, 5) is 21.0. The fourth-order valence-corrected chi connectivity index (χ4v) is 0.999. The summed E-state index contributed by atoms with van der Waals surface area (Å²) in [6.07, 6.45) is 0.419. The van der Waals surface area contributed by atoms with Gasteiger partial charge in [0, 0.05) is 5.57 Å². The van der Waals surface area contributed by atoms with Crippen LogP contribution in [0.2, 0.25) is 0 Å². The molecule has 10 heavy (non-hydrogen) atoms. The van der Waals surface area contributed by atoms with Crippen LogP contribution in [0.3, 0.4) is 0 Å². The number of ether oxygens (including phenoxy) is 2. The van der Waals surface area contributed by atoms with Gasteiger partial charge in [0.15, 0.2) is 0 Å². The highest BCUT2D eigenvalue weighted by Gasteiger charge is 2.34. The second-order valence-electron chi connectivity index (χ2n) is 2.19. The third kappa shape index (κ3) is 0.618. The molecule has 4 heteroatoms. The molecule has 0 fully saturated rings. The van der Waals surface area contributed by atoms with Gasteiger partial charge in [0.2, 0.25) is 0 Å². The van der Waals surface area contributed by atoms with Crippen molar-refractivity contribution in [3.8, 4) is 0 Å². The van der Waals surface area contributed by atoms with Crippen LogP contribution in [0, 0.1) is 0 Å². The molecule has 0 radical (unpaired) electrons. The smallest absolute Gasteiger partial charge is 0.317 e. The molecule has 0 aromatic carbocycles. The maximum atomic E-state index is 10.5. The quantitative estimate of drug-likeness (QED) is 0.447. The Bertz CT molecular complexity index is 204. The summed E-state index contributed by atoms with van der Waals surface area (Å²) in [5, 5.41) is 0. The normalized spacial score (nSPS) is 22.8. The lowest BCUT2D eigenvalue weighted by molar-refractivity contribution is -0.149. The van der Waals surface area contributed by atoms with E-state index in [-0.39, 0.29) is 30.7 Å². The van der Waals surface area contributed by atoms with Crippen LogP contribution in [0.4, 0.5) is 0 Å². The Morgan fingerprint density at radius 3 is 1.90 bits per heavy atom. The van der Waals surface area contributed by atoms with Gasteiger partial charge < -0.3 is 9.47 Å². The van der Waals surface area contributed by atoms with Crippen molar-refractivity contribution in [2.75, 3.05) is 0 Å². The average Bonchev–Trinajstić information content (AvgIpc) is 2.21. The highest BCUT2D eigenvalue weighted by atomic mass is 16.7. The number of carbonyl (C=O) groups is 2. The molecule has 2 aliphatic rings. The lowest BCUT2D eigenvalue weighted by atomic mass is 10.2. The second kappa shape index (κ2) is 1.59. The topological polar surface area (TPSA) is 52.6 Å². The molecule has 0 unspecified atom stereocenters. The zero-order chi connectivity index (χ0) is 7.14. The molecule has 0 saturated heterocycles. The van der Waals surface area contributed by atoms with Gasteiger partial charge in [0.05, 0.1) is 12.8 Å². The maximum absolute atomic E-state index is 10.5. The van der Waals surface area contributed by atoms with Gasteiger partial charge in [-0.15, -0.1) is 0 Å². The molecular formula is C6H4O4. The standard InChI is InChI=1S/C6H4O4/c7-4-1-3-2-5(8)10-6(3)9-4/h1-2H2. The Morgan fingerprint density at radius 2 is 1.50 bits per heavy atom. The summed E-state index contributed by atoms with van der Waals surface area (Å²) in [5.74, 6) is -0.551. The van der Waals surface area contributed by atoms with Gasteiger partial charge in [-0.05, 0) is 0 Å². The van der Waals surface area contributed by atoms with Gasteiger partial charge in [0.25, 0.3) is 5.95 Å². The molecule has 0 aliphatic carbocycles. The third-order valence-electron chi connectivity index (χ3n) is 1.42. The summed E-state index contributed by atoms with van der Waals surface area (Å²) >= 11 is 0. The summed E-state index contributed by atoms with van der Waals surface area (Å²) in [6, 6.07) is 0. The van der Waals surface area contributed by atoms with Crippen molar-refractivity contribution < 1.29 is 19.1 Å². The molecule has 2 aliphatic heterocycles. The van der Waals surface area contributed by atoms with Crippen molar-refractivity contribution in [1.29, 1.82) is 0 Å². The van der Waals surface area contributed by atoms with Crippen LogP contribution in [0.25, 0.3) is 0 Å². The van der Waals surface area contributed by atoms with E-state index in [9.17, 15) is 9.59 Å². The molecule has 0 aromatic heterocycles. The monoisotopic (exact) mass is 140 g/mol. The van der Waals surface area contributed by atoms with Crippen LogP contribution in [0.15, 0.2) is 11.5 Å². The molecule has 4 nitrogen and oxygen atoms in total. The van der Waals surface area contributed by atoms with Crippen LogP contribution in [0.5, 0.6) is 0 Å². The number of carbonyl (C=O) groups excluding carboxylic acids is 2. The highest BCUT2D eigenvalue weighted by Crippen LogP contribution is 2.30. The first-order valence-electron chi connectivity index (χ1n) is 2.89. The van der Waals surface area contributed by atoms with E-state index in [1.54, 1.807) is 0 Å². The van der Waals surface area contributed by atoms with Crippen molar-refractivity contribution in [1.82, 2.24) is 0 Å². The fourth-order valence-electron chi connectivity index (χ4n) is 0.999. The Labute approximate surface area is 56.4 Å². The van der Waals surface area contributed by atoms with E-state index in [1.807, 2.05) is 0 Å². The molecule has 0 saturated carbocycles. The van der Waals surface area contributed by atoms with Crippen LogP contribution in [0.1, 0.15) is 12.8 Å². The van der Waals surface area contributed by atoms with E-state index in [0.29, 0.717) is 5.57 Å². The van der Waals surface area contributed by atoms with Crippen LogP contribution in [-0.2, 0) is 19.1 Å². The van der Waals surface area contributed by atoms with Crippen LogP contribution in [-0.4, -0.2) is 11.9 Å². The lowest BCUT2D eigenvalue weighted by Gasteiger charge is -1.95. The average molecular weight is 140 g/mol. The zero-order valence-corrected chi connectivity index (χ0v) is 5.05. The summed E-state index contributed by atoms with van der Waals surface area (Å²) < 4.78 is 9.11. The van der Waals surface area contributed by atoms with Crippen molar-refractivity contribution in [2.45, 2.75) is 12.8 Å². The van der Waals surface area contributed by atoms with Gasteiger partial charge in [-0.1, -0.05) is 0 Å². The Balaban J connectivity index is 2.24. The molecule has 2 rings (SSSR count). The number of hydrogen-bond donors (Lipinski definition) is 0. The molecule has 2 heterocycles. The van der Waals surface area contributed by atoms with Crippen molar-refractivity contribution in [2.24, 2.45) is 0 Å². The molecule has 52 valence electrons. The highest BCUT2D eigenvalue weighted by molar-refractivity contribution is 5.85. The van der Waals surface area contributed by atoms with Crippen LogP contribution >= 0.6 is 0 Å². The second-order valence-corrected chi connectivity index (χ2v) is 2.19. The van der Waals surface area contributed by atoms with Crippen molar-refractivity contribution in [3.63, 3.8) is 0 Å². The van der Waals surface area contributed by atoms with Gasteiger partial charge in [0.1, 0.15) is 0 Å². The molecular weight excluding hydrogens is 136 g/mol. The third-order valence-corrected chi connectivity index (χ3v) is 1.42. The van der Waals surface area contributed by atoms with E-state index in [1.165, 1.54) is 0 Å². The molecule has 0 atom stereocenters. The van der Waals surface area contributed by atoms with E-state index < -0.39 is 0 Å².